The number of ketones is 2. The quantitative estimate of drug-likeness (QED) is 0.545. The zero-order chi connectivity index (χ0) is 15.3. The Bertz CT molecular complexity index is 486. The molecule has 6 N–H and O–H groups in total. The molecule has 0 aliphatic heterocycles. The monoisotopic (exact) mass is 280 g/mol. The topological polar surface area (TPSA) is 127 Å². The minimum absolute atomic E-state index is 0.0480. The van der Waals surface area contributed by atoms with Crippen molar-refractivity contribution >= 4 is 11.6 Å². The molecule has 20 heavy (non-hydrogen) atoms. The zero-order valence-electron chi connectivity index (χ0n) is 11.5. The lowest BCUT2D eigenvalue weighted by Gasteiger charge is -2.14. The molecule has 0 heterocycles. The number of hydrogen-bond donors (Lipinski definition) is 4. The number of aromatic hydroxyl groups is 2. The first-order valence-corrected chi connectivity index (χ1v) is 6.52. The Morgan fingerprint density at radius 3 is 1.85 bits per heavy atom. The van der Waals surface area contributed by atoms with Crippen LogP contribution in [0.15, 0.2) is 6.07 Å². The molecule has 0 fully saturated rings. The lowest BCUT2D eigenvalue weighted by molar-refractivity contribution is 0.0998. The average molecular weight is 280 g/mol. The number of carbonyl (C=O) groups is 2. The number of carbonyl (C=O) groups excluding carboxylic acids is 2. The van der Waals surface area contributed by atoms with Gasteiger partial charge in [0.05, 0.1) is 24.2 Å². The summed E-state index contributed by atoms with van der Waals surface area (Å²) in [6.45, 7) is 1.37. The Hall–Kier alpha value is -1.92. The fourth-order valence-corrected chi connectivity index (χ4v) is 1.95. The van der Waals surface area contributed by atoms with Crippen LogP contribution in [0.3, 0.4) is 0 Å². The first-order valence-electron chi connectivity index (χ1n) is 6.52. The van der Waals surface area contributed by atoms with Gasteiger partial charge in [0.15, 0.2) is 11.6 Å². The lowest BCUT2D eigenvalue weighted by atomic mass is 9.94. The van der Waals surface area contributed by atoms with Crippen LogP contribution in [0.25, 0.3) is 0 Å². The van der Waals surface area contributed by atoms with Crippen molar-refractivity contribution in [2.75, 3.05) is 13.1 Å². The molecule has 0 amide bonds. The molecule has 0 spiro atoms. The number of benzene rings is 1. The van der Waals surface area contributed by atoms with Crippen molar-refractivity contribution in [3.8, 4) is 11.5 Å². The molecule has 0 saturated heterocycles. The summed E-state index contributed by atoms with van der Waals surface area (Å²) < 4.78 is 0. The molecule has 1 aromatic rings. The van der Waals surface area contributed by atoms with Crippen molar-refractivity contribution in [3.63, 3.8) is 0 Å². The van der Waals surface area contributed by atoms with Crippen LogP contribution in [0.2, 0.25) is 0 Å². The Morgan fingerprint density at radius 2 is 1.50 bits per heavy atom. The highest BCUT2D eigenvalue weighted by Crippen LogP contribution is 2.35. The van der Waals surface area contributed by atoms with Crippen LogP contribution < -0.4 is 11.5 Å². The van der Waals surface area contributed by atoms with Gasteiger partial charge in [0.25, 0.3) is 0 Å². The van der Waals surface area contributed by atoms with Gasteiger partial charge in [0.1, 0.15) is 11.5 Å². The van der Waals surface area contributed by atoms with Crippen molar-refractivity contribution in [3.05, 3.63) is 22.8 Å². The van der Waals surface area contributed by atoms with E-state index in [0.29, 0.717) is 12.8 Å². The number of hydrogen-bond acceptors (Lipinski definition) is 6. The molecular weight excluding hydrogens is 260 g/mol. The fraction of sp³-hybridized carbons (Fsp3) is 0.429. The zero-order valence-corrected chi connectivity index (χ0v) is 11.5. The Labute approximate surface area is 117 Å². The van der Waals surface area contributed by atoms with E-state index >= 15 is 0 Å². The summed E-state index contributed by atoms with van der Waals surface area (Å²) in [4.78, 5) is 23.5. The van der Waals surface area contributed by atoms with Crippen molar-refractivity contribution in [1.29, 1.82) is 0 Å². The minimum atomic E-state index is -0.494. The molecule has 0 aliphatic rings. The molecule has 6 heteroatoms. The van der Waals surface area contributed by atoms with Gasteiger partial charge < -0.3 is 21.7 Å². The summed E-state index contributed by atoms with van der Waals surface area (Å²) in [6.07, 6.45) is 1.91. The normalized spacial score (nSPS) is 10.6. The summed E-state index contributed by atoms with van der Waals surface area (Å²) in [6, 6.07) is 1.16. The van der Waals surface area contributed by atoms with Crippen molar-refractivity contribution in [2.45, 2.75) is 26.2 Å². The minimum Gasteiger partial charge on any atom is -0.507 e. The van der Waals surface area contributed by atoms with Gasteiger partial charge in [0, 0.05) is 5.56 Å². The van der Waals surface area contributed by atoms with Crippen molar-refractivity contribution in [2.24, 2.45) is 11.5 Å². The number of nitrogens with two attached hydrogens (primary N) is 2. The molecular formula is C14H20N2O4. The number of Topliss-reactive ketones (excluding diaryl/α,β-unsaturated/α-hetero) is 2. The SMILES string of the molecule is CCCCc1c(O)c(C(=O)CN)cc(C(=O)CN)c1O. The van der Waals surface area contributed by atoms with Crippen LogP contribution in [0.1, 0.15) is 46.0 Å². The van der Waals surface area contributed by atoms with E-state index < -0.39 is 11.6 Å². The third kappa shape index (κ3) is 3.15. The molecule has 6 nitrogen and oxygen atoms in total. The molecule has 110 valence electrons. The second kappa shape index (κ2) is 7.02. The Morgan fingerprint density at radius 1 is 1.05 bits per heavy atom. The van der Waals surface area contributed by atoms with Crippen molar-refractivity contribution in [1.82, 2.24) is 0 Å². The van der Waals surface area contributed by atoms with E-state index in [1.807, 2.05) is 6.92 Å². The fourth-order valence-electron chi connectivity index (χ4n) is 1.95. The van der Waals surface area contributed by atoms with Gasteiger partial charge in [-0.15, -0.1) is 0 Å². The third-order valence-corrected chi connectivity index (χ3v) is 3.12. The van der Waals surface area contributed by atoms with Crippen LogP contribution in [0, 0.1) is 0 Å². The molecule has 1 rings (SSSR count). The Balaban J connectivity index is 3.47. The second-order valence-corrected chi connectivity index (χ2v) is 4.51. The third-order valence-electron chi connectivity index (χ3n) is 3.12. The van der Waals surface area contributed by atoms with Crippen LogP contribution in [0.5, 0.6) is 11.5 Å². The van der Waals surface area contributed by atoms with Gasteiger partial charge in [0.2, 0.25) is 0 Å². The molecule has 1 aromatic carbocycles. The number of unbranched alkanes of at least 4 members (excludes halogenated alkanes) is 1. The van der Waals surface area contributed by atoms with Crippen LogP contribution in [-0.2, 0) is 6.42 Å². The molecule has 0 radical (unpaired) electrons. The van der Waals surface area contributed by atoms with Gasteiger partial charge in [-0.3, -0.25) is 9.59 Å². The van der Waals surface area contributed by atoms with Gasteiger partial charge in [-0.05, 0) is 18.9 Å². The smallest absolute Gasteiger partial charge is 0.180 e. The summed E-state index contributed by atoms with van der Waals surface area (Å²) >= 11 is 0. The maximum absolute atomic E-state index is 11.7. The van der Waals surface area contributed by atoms with Crippen LogP contribution in [-0.4, -0.2) is 34.9 Å². The standard InChI is InChI=1S/C14H20N2O4/c1-2-3-4-8-13(19)9(11(17)6-15)5-10(14(8)20)12(18)7-16/h5,19-20H,2-4,6-7,15-16H2,1H3. The molecule has 0 unspecified atom stereocenters. The summed E-state index contributed by atoms with van der Waals surface area (Å²) in [5, 5.41) is 20.2. The van der Waals surface area contributed by atoms with Crippen molar-refractivity contribution < 1.29 is 19.8 Å². The van der Waals surface area contributed by atoms with E-state index in [0.717, 1.165) is 12.5 Å². The highest BCUT2D eigenvalue weighted by atomic mass is 16.3. The molecule has 0 aliphatic carbocycles. The predicted octanol–water partition coefficient (Wildman–Crippen LogP) is 0.723. The van der Waals surface area contributed by atoms with E-state index in [-0.39, 0.29) is 41.3 Å². The highest BCUT2D eigenvalue weighted by molar-refractivity contribution is 6.06. The average Bonchev–Trinajstić information content (AvgIpc) is 2.45. The van der Waals surface area contributed by atoms with Gasteiger partial charge in [-0.25, -0.2) is 0 Å². The van der Waals surface area contributed by atoms with Gasteiger partial charge in [-0.1, -0.05) is 13.3 Å². The van der Waals surface area contributed by atoms with Gasteiger partial charge >= 0.3 is 0 Å². The summed E-state index contributed by atoms with van der Waals surface area (Å²) in [5.41, 5.74) is 10.7. The van der Waals surface area contributed by atoms with E-state index in [2.05, 4.69) is 0 Å². The molecule has 0 saturated carbocycles. The highest BCUT2D eigenvalue weighted by Gasteiger charge is 2.23. The number of phenols is 2. The second-order valence-electron chi connectivity index (χ2n) is 4.51. The number of rotatable bonds is 7. The lowest BCUT2D eigenvalue weighted by Crippen LogP contribution is -2.18. The first-order chi connectivity index (χ1) is 9.47. The largest absolute Gasteiger partial charge is 0.507 e. The maximum Gasteiger partial charge on any atom is 0.180 e. The summed E-state index contributed by atoms with van der Waals surface area (Å²) in [5.74, 6) is -1.60. The maximum atomic E-state index is 11.7. The van der Waals surface area contributed by atoms with Gasteiger partial charge in [-0.2, -0.15) is 0 Å². The van der Waals surface area contributed by atoms with E-state index in [9.17, 15) is 19.8 Å². The molecule has 0 bridgehead atoms. The predicted molar refractivity (Wildman–Crippen MR) is 75.2 cm³/mol. The Kier molecular flexibility index (Phi) is 5.66. The van der Waals surface area contributed by atoms with Crippen LogP contribution in [0.4, 0.5) is 0 Å². The van der Waals surface area contributed by atoms with E-state index in [1.165, 1.54) is 0 Å². The van der Waals surface area contributed by atoms with Crippen LogP contribution >= 0.6 is 0 Å². The van der Waals surface area contributed by atoms with E-state index in [4.69, 9.17) is 11.5 Å². The number of phenolic OH excluding ortho intramolecular Hbond substituents is 2. The molecule has 0 atom stereocenters. The first kappa shape index (κ1) is 16.1. The van der Waals surface area contributed by atoms with E-state index in [1.54, 1.807) is 0 Å². The summed E-state index contributed by atoms with van der Waals surface area (Å²) in [7, 11) is 0. The molecule has 0 aromatic heterocycles.